The number of aromatic nitrogens is 3. The van der Waals surface area contributed by atoms with Gasteiger partial charge < -0.3 is 25.7 Å². The zero-order valence-corrected chi connectivity index (χ0v) is 23.1. The molecule has 1 aliphatic heterocycles. The first-order valence-electron chi connectivity index (χ1n) is 12.9. The van der Waals surface area contributed by atoms with Crippen molar-refractivity contribution >= 4 is 35.0 Å². The van der Waals surface area contributed by atoms with E-state index in [4.69, 9.17) is 4.42 Å². The van der Waals surface area contributed by atoms with E-state index >= 15 is 0 Å². The van der Waals surface area contributed by atoms with Crippen LogP contribution in [-0.2, 0) is 9.59 Å². The number of nitrogens with zero attached hydrogens (tertiary/aromatic N) is 2. The molecule has 1 aliphatic rings. The predicted octanol–water partition coefficient (Wildman–Crippen LogP) is 2.46. The van der Waals surface area contributed by atoms with Crippen molar-refractivity contribution in [2.24, 2.45) is 5.92 Å². The lowest BCUT2D eigenvalue weighted by molar-refractivity contribution is -0.124. The third-order valence-electron chi connectivity index (χ3n) is 6.48. The highest BCUT2D eigenvalue weighted by Crippen LogP contribution is 2.24. The van der Waals surface area contributed by atoms with Crippen molar-refractivity contribution in [2.75, 3.05) is 6.54 Å². The molecule has 0 spiro atoms. The summed E-state index contributed by atoms with van der Waals surface area (Å²) in [5.74, 6) is -1.45. The molecule has 0 saturated carbocycles. The minimum absolute atomic E-state index is 0.0437. The normalized spacial score (nSPS) is 21.3. The molecule has 39 heavy (non-hydrogen) atoms. The van der Waals surface area contributed by atoms with Gasteiger partial charge in [0.1, 0.15) is 29.6 Å². The van der Waals surface area contributed by atoms with E-state index in [0.717, 1.165) is 5.56 Å². The molecule has 0 aromatic carbocycles. The van der Waals surface area contributed by atoms with Gasteiger partial charge in [-0.1, -0.05) is 13.8 Å². The number of hydrogen-bond acceptors (Lipinski definition) is 8. The summed E-state index contributed by atoms with van der Waals surface area (Å²) in [6.45, 7) is 7.32. The number of aryl methyl sites for hydroxylation is 1. The van der Waals surface area contributed by atoms with Crippen molar-refractivity contribution < 1.29 is 23.6 Å². The lowest BCUT2D eigenvalue weighted by atomic mass is 10.0. The molecule has 0 unspecified atom stereocenters. The van der Waals surface area contributed by atoms with Crippen LogP contribution in [0.25, 0.3) is 11.3 Å². The van der Waals surface area contributed by atoms with Gasteiger partial charge in [0.05, 0.1) is 5.69 Å². The highest BCUT2D eigenvalue weighted by molar-refractivity contribution is 7.08. The molecule has 13 heteroatoms. The monoisotopic (exact) mass is 555 g/mol. The van der Waals surface area contributed by atoms with Crippen molar-refractivity contribution in [3.8, 4) is 11.3 Å². The van der Waals surface area contributed by atoms with E-state index in [1.807, 2.05) is 30.7 Å². The average Bonchev–Trinajstić information content (AvgIpc) is 3.66. The Morgan fingerprint density at radius 2 is 1.97 bits per heavy atom. The number of rotatable bonds is 4. The minimum atomic E-state index is -0.868. The first-order chi connectivity index (χ1) is 18.6. The summed E-state index contributed by atoms with van der Waals surface area (Å²) in [6.07, 6.45) is 1.47. The first-order valence-corrected chi connectivity index (χ1v) is 13.8. The Kier molecular flexibility index (Phi) is 8.79. The van der Waals surface area contributed by atoms with Crippen LogP contribution in [0.1, 0.15) is 78.7 Å². The number of carbonyl (C=O) groups excluding carboxylic acids is 4. The fraction of sp³-hybridized carbons (Fsp3) is 0.462. The molecule has 4 amide bonds. The van der Waals surface area contributed by atoms with Crippen LogP contribution in [0.5, 0.6) is 0 Å². The maximum absolute atomic E-state index is 13.5. The average molecular weight is 556 g/mol. The molecule has 3 aromatic rings. The maximum Gasteiger partial charge on any atom is 0.274 e. The number of aromatic amines is 1. The van der Waals surface area contributed by atoms with Crippen LogP contribution >= 0.6 is 11.3 Å². The maximum atomic E-state index is 13.5. The fourth-order valence-electron chi connectivity index (χ4n) is 4.20. The zero-order valence-electron chi connectivity index (χ0n) is 22.3. The number of nitrogens with one attached hydrogen (secondary N) is 5. The van der Waals surface area contributed by atoms with Crippen molar-refractivity contribution in [3.05, 3.63) is 45.9 Å². The van der Waals surface area contributed by atoms with E-state index < -0.39 is 35.8 Å². The Morgan fingerprint density at radius 1 is 1.18 bits per heavy atom. The topological polar surface area (TPSA) is 171 Å². The molecular weight excluding hydrogens is 522 g/mol. The van der Waals surface area contributed by atoms with Crippen LogP contribution in [-0.4, -0.2) is 57.4 Å². The van der Waals surface area contributed by atoms with Crippen molar-refractivity contribution in [3.63, 3.8) is 0 Å². The smallest absolute Gasteiger partial charge is 0.274 e. The van der Waals surface area contributed by atoms with E-state index in [2.05, 4.69) is 36.4 Å². The molecule has 0 radical (unpaired) electrons. The molecule has 5 N–H and O–H groups in total. The highest BCUT2D eigenvalue weighted by Gasteiger charge is 2.31. The molecule has 3 atom stereocenters. The Bertz CT molecular complexity index is 1330. The number of fused-ring (bicyclic) bond motifs is 2. The zero-order chi connectivity index (χ0) is 28.1. The molecule has 0 fully saturated rings. The van der Waals surface area contributed by atoms with Gasteiger partial charge in [-0.2, -0.15) is 16.4 Å². The van der Waals surface area contributed by atoms with Gasteiger partial charge in [-0.3, -0.25) is 24.3 Å². The second-order valence-corrected chi connectivity index (χ2v) is 10.7. The number of H-pyrrole nitrogens is 1. The van der Waals surface area contributed by atoms with Gasteiger partial charge in [-0.15, -0.1) is 0 Å². The third kappa shape index (κ3) is 6.72. The van der Waals surface area contributed by atoms with Gasteiger partial charge in [-0.25, -0.2) is 4.98 Å². The Balaban J connectivity index is 1.57. The van der Waals surface area contributed by atoms with Crippen LogP contribution in [0.2, 0.25) is 0 Å². The molecule has 0 saturated heterocycles. The van der Waals surface area contributed by atoms with Crippen LogP contribution < -0.4 is 21.3 Å². The SMILES string of the molecule is Cc1oc2nc1C(=O)N[C@H](C)C(=O)NCCCC[C@H](NC(=O)c1cc(-c3ccsc3)n[nH]1)C(=O)N[C@H]2C(C)C. The van der Waals surface area contributed by atoms with E-state index in [1.54, 1.807) is 19.9 Å². The van der Waals surface area contributed by atoms with Crippen LogP contribution in [0.15, 0.2) is 27.3 Å². The summed E-state index contributed by atoms with van der Waals surface area (Å²) in [7, 11) is 0. The minimum Gasteiger partial charge on any atom is -0.443 e. The summed E-state index contributed by atoms with van der Waals surface area (Å²) in [5, 5.41) is 22.0. The summed E-state index contributed by atoms with van der Waals surface area (Å²) in [5.41, 5.74) is 1.80. The van der Waals surface area contributed by atoms with Crippen molar-refractivity contribution in [1.29, 1.82) is 0 Å². The third-order valence-corrected chi connectivity index (χ3v) is 7.16. The molecule has 208 valence electrons. The predicted molar refractivity (Wildman–Crippen MR) is 144 cm³/mol. The molecular formula is C26H33N7O5S. The van der Waals surface area contributed by atoms with Crippen molar-refractivity contribution in [1.82, 2.24) is 36.4 Å². The van der Waals surface area contributed by atoms with E-state index in [-0.39, 0.29) is 34.9 Å². The Hall–Kier alpha value is -4.00. The van der Waals surface area contributed by atoms with E-state index in [1.165, 1.54) is 11.3 Å². The lowest BCUT2D eigenvalue weighted by Gasteiger charge is -2.24. The van der Waals surface area contributed by atoms with Crippen LogP contribution in [0.3, 0.4) is 0 Å². The summed E-state index contributed by atoms with van der Waals surface area (Å²) in [6, 6.07) is 1.26. The number of amides is 4. The largest absolute Gasteiger partial charge is 0.443 e. The molecule has 0 aliphatic carbocycles. The Morgan fingerprint density at radius 3 is 2.69 bits per heavy atom. The summed E-state index contributed by atoms with van der Waals surface area (Å²) < 4.78 is 5.78. The van der Waals surface area contributed by atoms with Crippen molar-refractivity contribution in [2.45, 2.75) is 65.1 Å². The number of hydrogen-bond donors (Lipinski definition) is 5. The molecule has 4 heterocycles. The van der Waals surface area contributed by atoms with Gasteiger partial charge in [0.15, 0.2) is 5.69 Å². The first kappa shape index (κ1) is 28.0. The van der Waals surface area contributed by atoms with E-state index in [0.29, 0.717) is 31.5 Å². The second-order valence-electron chi connectivity index (χ2n) is 9.87. The second kappa shape index (κ2) is 12.2. The number of thiophene rings is 1. The van der Waals surface area contributed by atoms with Gasteiger partial charge in [0, 0.05) is 17.5 Å². The standard InChI is InChI=1S/C26H33N7O5S/c1-13(2)20-26-31-21(15(4)38-26)25(37)28-14(3)22(34)27-9-6-5-7-17(23(35)30-20)29-24(36)19-11-18(32-33-19)16-8-10-39-12-16/h8,10-14,17,20H,5-7,9H2,1-4H3,(H,27,34)(H,28,37)(H,29,36)(H,30,35)(H,32,33)/t14-,17+,20+/m1/s1. The lowest BCUT2D eigenvalue weighted by Crippen LogP contribution is -2.48. The molecule has 2 bridgehead atoms. The summed E-state index contributed by atoms with van der Waals surface area (Å²) in [4.78, 5) is 56.1. The molecule has 12 nitrogen and oxygen atoms in total. The summed E-state index contributed by atoms with van der Waals surface area (Å²) >= 11 is 1.53. The highest BCUT2D eigenvalue weighted by atomic mass is 32.1. The van der Waals surface area contributed by atoms with Gasteiger partial charge >= 0.3 is 0 Å². The molecule has 4 rings (SSSR count). The van der Waals surface area contributed by atoms with Gasteiger partial charge in [0.25, 0.3) is 11.8 Å². The van der Waals surface area contributed by atoms with E-state index in [9.17, 15) is 19.2 Å². The molecule has 3 aromatic heterocycles. The van der Waals surface area contributed by atoms with Crippen LogP contribution in [0, 0.1) is 12.8 Å². The number of carbonyl (C=O) groups is 4. The van der Waals surface area contributed by atoms with Gasteiger partial charge in [0.2, 0.25) is 17.7 Å². The quantitative estimate of drug-likeness (QED) is 0.329. The fourth-order valence-corrected chi connectivity index (χ4v) is 4.85. The van der Waals surface area contributed by atoms with Crippen LogP contribution in [0.4, 0.5) is 0 Å². The Labute approximate surface area is 229 Å². The number of oxazole rings is 1. The van der Waals surface area contributed by atoms with Gasteiger partial charge in [-0.05, 0) is 56.5 Å².